The van der Waals surface area contributed by atoms with Gasteiger partial charge in [0, 0.05) is 72.7 Å². The predicted molar refractivity (Wildman–Crippen MR) is 142 cm³/mol. The average molecular weight is 489 g/mol. The topological polar surface area (TPSA) is 41.4 Å². The molecule has 5 nitrogen and oxygen atoms in total. The number of aryl methyl sites for hydroxylation is 1. The summed E-state index contributed by atoms with van der Waals surface area (Å²) in [4.78, 5) is 22.9. The van der Waals surface area contributed by atoms with E-state index in [0.29, 0.717) is 16.9 Å². The largest absolute Gasteiger partial charge is 0.341 e. The third kappa shape index (κ3) is 4.23. The second-order valence-electron chi connectivity index (χ2n) is 11.2. The van der Waals surface area contributed by atoms with Gasteiger partial charge in [0.05, 0.1) is 11.2 Å². The molecule has 2 aliphatic carbocycles. The number of carbonyl (C=O) groups is 1. The summed E-state index contributed by atoms with van der Waals surface area (Å²) in [5.74, 6) is 0.500. The van der Waals surface area contributed by atoms with E-state index in [4.69, 9.17) is 0 Å². The third-order valence-electron chi connectivity index (χ3n) is 8.24. The van der Waals surface area contributed by atoms with Crippen LogP contribution in [0.4, 0.5) is 4.39 Å². The minimum absolute atomic E-state index is 0.0102. The van der Waals surface area contributed by atoms with Gasteiger partial charge >= 0.3 is 0 Å². The van der Waals surface area contributed by atoms with Crippen LogP contribution in [0.3, 0.4) is 0 Å². The van der Waals surface area contributed by atoms with Crippen molar-refractivity contribution in [3.05, 3.63) is 53.2 Å². The van der Waals surface area contributed by atoms with Gasteiger partial charge in [-0.25, -0.2) is 4.39 Å². The number of fused-ring (bicyclic) bond motifs is 1. The van der Waals surface area contributed by atoms with E-state index in [1.54, 1.807) is 0 Å². The van der Waals surface area contributed by atoms with Crippen molar-refractivity contribution in [3.63, 3.8) is 0 Å². The molecule has 2 aromatic heterocycles. The molecule has 0 N–H and O–H groups in total. The highest BCUT2D eigenvalue weighted by Gasteiger charge is 2.34. The Bertz CT molecular complexity index is 1300. The lowest BCUT2D eigenvalue weighted by atomic mass is 9.96. The lowest BCUT2D eigenvalue weighted by Crippen LogP contribution is -2.49. The number of hydrogen-bond donors (Lipinski definition) is 0. The van der Waals surface area contributed by atoms with Gasteiger partial charge in [-0.2, -0.15) is 0 Å². The number of halogens is 1. The molecule has 3 aromatic rings. The zero-order valence-electron chi connectivity index (χ0n) is 21.8. The van der Waals surface area contributed by atoms with Gasteiger partial charge in [-0.05, 0) is 62.1 Å². The maximum atomic E-state index is 16.2. The van der Waals surface area contributed by atoms with Crippen molar-refractivity contribution in [2.24, 2.45) is 5.92 Å². The van der Waals surface area contributed by atoms with E-state index >= 15 is 4.39 Å². The number of piperazine rings is 1. The Labute approximate surface area is 213 Å². The van der Waals surface area contributed by atoms with Gasteiger partial charge in [0.2, 0.25) is 0 Å². The number of benzene rings is 1. The standard InChI is InChI=1S/C30H37FN4O/c1-4-26-23(6-5-11-32-26)24-16-21(30(36)34-14-12-33(13-15-34)22-9-10-22)17-25-27(31)28(19(2)3)35(29(24)25)18-20-7-8-20/h5-6,11,16-17,19-20,22H,4,7-10,12-15,18H2,1-3H3. The molecule has 190 valence electrons. The molecular weight excluding hydrogens is 451 g/mol. The van der Waals surface area contributed by atoms with Crippen LogP contribution in [0.5, 0.6) is 0 Å². The number of nitrogens with zero attached hydrogens (tertiary/aromatic N) is 4. The van der Waals surface area contributed by atoms with Gasteiger partial charge in [0.25, 0.3) is 5.91 Å². The fraction of sp³-hybridized carbons (Fsp3) is 0.533. The lowest BCUT2D eigenvalue weighted by Gasteiger charge is -2.35. The van der Waals surface area contributed by atoms with Gasteiger partial charge in [-0.3, -0.25) is 14.7 Å². The number of amides is 1. The smallest absolute Gasteiger partial charge is 0.253 e. The highest BCUT2D eigenvalue weighted by atomic mass is 19.1. The molecule has 3 fully saturated rings. The first-order valence-electron chi connectivity index (χ1n) is 13.8. The summed E-state index contributed by atoms with van der Waals surface area (Å²) in [5, 5.41) is 0.572. The zero-order chi connectivity index (χ0) is 25.0. The van der Waals surface area contributed by atoms with Crippen LogP contribution in [0, 0.1) is 11.7 Å². The number of aromatic nitrogens is 2. The second kappa shape index (κ2) is 9.29. The Morgan fingerprint density at radius 3 is 2.47 bits per heavy atom. The van der Waals surface area contributed by atoms with Gasteiger partial charge in [-0.1, -0.05) is 26.8 Å². The first kappa shape index (κ1) is 23.7. The molecule has 3 heterocycles. The van der Waals surface area contributed by atoms with E-state index in [1.807, 2.05) is 29.3 Å². The fourth-order valence-electron chi connectivity index (χ4n) is 5.99. The van der Waals surface area contributed by atoms with E-state index in [1.165, 1.54) is 25.7 Å². The molecule has 1 aromatic carbocycles. The molecule has 6 rings (SSSR count). The van der Waals surface area contributed by atoms with Crippen LogP contribution in [0.25, 0.3) is 22.0 Å². The quantitative estimate of drug-likeness (QED) is 0.418. The van der Waals surface area contributed by atoms with Crippen LogP contribution in [-0.4, -0.2) is 57.5 Å². The van der Waals surface area contributed by atoms with Crippen molar-refractivity contribution >= 4 is 16.8 Å². The SMILES string of the molecule is CCc1ncccc1-c1cc(C(=O)N2CCN(C3CC3)CC2)cc2c(F)c(C(C)C)n(CC3CC3)c12. The molecule has 3 aliphatic rings. The summed E-state index contributed by atoms with van der Waals surface area (Å²) < 4.78 is 18.4. The first-order chi connectivity index (χ1) is 17.5. The summed E-state index contributed by atoms with van der Waals surface area (Å²) in [6.45, 7) is 10.4. The number of hydrogen-bond acceptors (Lipinski definition) is 3. The Balaban J connectivity index is 1.49. The minimum atomic E-state index is -0.169. The van der Waals surface area contributed by atoms with Crippen molar-refractivity contribution in [1.82, 2.24) is 19.4 Å². The van der Waals surface area contributed by atoms with Crippen molar-refractivity contribution in [2.75, 3.05) is 26.2 Å². The predicted octanol–water partition coefficient (Wildman–Crippen LogP) is 5.86. The third-order valence-corrected chi connectivity index (χ3v) is 8.24. The van der Waals surface area contributed by atoms with E-state index in [-0.39, 0.29) is 17.6 Å². The van der Waals surface area contributed by atoms with Gasteiger partial charge < -0.3 is 9.47 Å². The molecule has 0 bridgehead atoms. The normalized spacial score (nSPS) is 19.0. The van der Waals surface area contributed by atoms with E-state index in [0.717, 1.165) is 73.2 Å². The van der Waals surface area contributed by atoms with Gasteiger partial charge in [0.1, 0.15) is 0 Å². The highest BCUT2D eigenvalue weighted by molar-refractivity contribution is 6.04. The van der Waals surface area contributed by atoms with E-state index < -0.39 is 0 Å². The van der Waals surface area contributed by atoms with Crippen LogP contribution >= 0.6 is 0 Å². The van der Waals surface area contributed by atoms with Crippen molar-refractivity contribution < 1.29 is 9.18 Å². The van der Waals surface area contributed by atoms with Crippen LogP contribution in [0.1, 0.15) is 74.1 Å². The second-order valence-corrected chi connectivity index (χ2v) is 11.2. The van der Waals surface area contributed by atoms with Crippen LogP contribution in [0.15, 0.2) is 30.5 Å². The summed E-state index contributed by atoms with van der Waals surface area (Å²) in [6, 6.07) is 8.57. The van der Waals surface area contributed by atoms with Crippen LogP contribution < -0.4 is 0 Å². The Hall–Kier alpha value is -2.73. The Kier molecular flexibility index (Phi) is 6.11. The van der Waals surface area contributed by atoms with Crippen molar-refractivity contribution in [3.8, 4) is 11.1 Å². The minimum Gasteiger partial charge on any atom is -0.341 e. The van der Waals surface area contributed by atoms with Crippen LogP contribution in [-0.2, 0) is 13.0 Å². The van der Waals surface area contributed by atoms with E-state index in [2.05, 4.69) is 41.3 Å². The van der Waals surface area contributed by atoms with Gasteiger partial charge in [0.15, 0.2) is 5.82 Å². The maximum Gasteiger partial charge on any atom is 0.253 e. The van der Waals surface area contributed by atoms with Crippen LogP contribution in [0.2, 0.25) is 0 Å². The molecule has 1 amide bonds. The average Bonchev–Trinajstić information content (AvgIpc) is 3.82. The molecule has 6 heteroatoms. The molecular formula is C30H37FN4O. The molecule has 0 spiro atoms. The number of rotatable bonds is 7. The monoisotopic (exact) mass is 488 g/mol. The lowest BCUT2D eigenvalue weighted by molar-refractivity contribution is 0.0627. The first-order valence-corrected chi connectivity index (χ1v) is 13.8. The van der Waals surface area contributed by atoms with E-state index in [9.17, 15) is 4.79 Å². The Morgan fingerprint density at radius 1 is 1.08 bits per heavy atom. The number of carbonyl (C=O) groups excluding carboxylic acids is 1. The molecule has 0 unspecified atom stereocenters. The summed E-state index contributed by atoms with van der Waals surface area (Å²) in [6.07, 6.45) is 7.57. The molecule has 36 heavy (non-hydrogen) atoms. The molecule has 1 aliphatic heterocycles. The Morgan fingerprint density at radius 2 is 1.83 bits per heavy atom. The molecule has 2 saturated carbocycles. The van der Waals surface area contributed by atoms with Crippen molar-refractivity contribution in [2.45, 2.75) is 71.4 Å². The van der Waals surface area contributed by atoms with Crippen molar-refractivity contribution in [1.29, 1.82) is 0 Å². The summed E-state index contributed by atoms with van der Waals surface area (Å²) in [7, 11) is 0. The summed E-state index contributed by atoms with van der Waals surface area (Å²) in [5.41, 5.74) is 5.17. The molecule has 0 atom stereocenters. The summed E-state index contributed by atoms with van der Waals surface area (Å²) >= 11 is 0. The van der Waals surface area contributed by atoms with Gasteiger partial charge in [-0.15, -0.1) is 0 Å². The fourth-order valence-corrected chi connectivity index (χ4v) is 5.99. The molecule has 0 radical (unpaired) electrons. The maximum absolute atomic E-state index is 16.2. The molecule has 1 saturated heterocycles. The number of pyridine rings is 1. The highest BCUT2D eigenvalue weighted by Crippen LogP contribution is 2.41. The zero-order valence-corrected chi connectivity index (χ0v) is 21.8.